The number of urea groups is 1. The molecule has 1 aliphatic rings. The summed E-state index contributed by atoms with van der Waals surface area (Å²) in [7, 11) is 0. The Labute approximate surface area is 201 Å². The van der Waals surface area contributed by atoms with E-state index in [-0.39, 0.29) is 11.6 Å². The van der Waals surface area contributed by atoms with Crippen molar-refractivity contribution in [1.29, 1.82) is 0 Å². The molecule has 35 heavy (non-hydrogen) atoms. The minimum Gasteiger partial charge on any atom is -0.435 e. The Bertz CT molecular complexity index is 1300. The van der Waals surface area contributed by atoms with Crippen LogP contribution in [0.5, 0.6) is 11.6 Å². The molecule has 0 fully saturated rings. The lowest BCUT2D eigenvalue weighted by molar-refractivity contribution is -0.128. The van der Waals surface area contributed by atoms with Gasteiger partial charge in [0, 0.05) is 34.3 Å². The van der Waals surface area contributed by atoms with E-state index in [1.807, 2.05) is 0 Å². The SMILES string of the molecule is CC(C)(C)NC(=O)NC(=O)C(C)(C)C1c2ccc(-c3ccc(F)nc3)nc2Oc2c(F)cccc21. The first-order valence-electron chi connectivity index (χ1n) is 11.1. The number of rotatable bonds is 3. The van der Waals surface area contributed by atoms with E-state index in [0.717, 1.165) is 0 Å². The Hall–Kier alpha value is -3.88. The number of fused-ring (bicyclic) bond motifs is 2. The first-order chi connectivity index (χ1) is 16.4. The second kappa shape index (κ2) is 8.72. The van der Waals surface area contributed by atoms with Gasteiger partial charge in [-0.2, -0.15) is 4.39 Å². The lowest BCUT2D eigenvalue weighted by Crippen LogP contribution is -2.52. The molecule has 1 aromatic carbocycles. The van der Waals surface area contributed by atoms with Crippen molar-refractivity contribution in [2.75, 3.05) is 0 Å². The van der Waals surface area contributed by atoms with Crippen molar-refractivity contribution in [3.05, 3.63) is 71.6 Å². The fourth-order valence-corrected chi connectivity index (χ4v) is 4.11. The average molecular weight is 481 g/mol. The minimum absolute atomic E-state index is 0.0353. The van der Waals surface area contributed by atoms with E-state index in [1.54, 1.807) is 58.9 Å². The third-order valence-electron chi connectivity index (χ3n) is 5.75. The summed E-state index contributed by atoms with van der Waals surface area (Å²) in [5.41, 5.74) is 0.276. The van der Waals surface area contributed by atoms with Gasteiger partial charge < -0.3 is 10.1 Å². The zero-order valence-corrected chi connectivity index (χ0v) is 20.1. The van der Waals surface area contributed by atoms with E-state index in [0.29, 0.717) is 22.4 Å². The molecule has 2 aromatic heterocycles. The van der Waals surface area contributed by atoms with E-state index >= 15 is 0 Å². The van der Waals surface area contributed by atoms with E-state index in [4.69, 9.17) is 4.74 Å². The lowest BCUT2D eigenvalue weighted by Gasteiger charge is -2.37. The summed E-state index contributed by atoms with van der Waals surface area (Å²) in [4.78, 5) is 33.9. The van der Waals surface area contributed by atoms with Crippen LogP contribution in [0.4, 0.5) is 13.6 Å². The van der Waals surface area contributed by atoms with Crippen molar-refractivity contribution in [2.24, 2.45) is 5.41 Å². The number of aromatic nitrogens is 2. The fourth-order valence-electron chi connectivity index (χ4n) is 4.11. The van der Waals surface area contributed by atoms with Crippen LogP contribution < -0.4 is 15.4 Å². The third-order valence-corrected chi connectivity index (χ3v) is 5.75. The molecule has 0 spiro atoms. The first kappa shape index (κ1) is 24.3. The summed E-state index contributed by atoms with van der Waals surface area (Å²) < 4.78 is 33.9. The number of imide groups is 1. The maximum absolute atomic E-state index is 14.8. The van der Waals surface area contributed by atoms with Crippen molar-refractivity contribution in [2.45, 2.75) is 46.1 Å². The van der Waals surface area contributed by atoms with Gasteiger partial charge in [0.2, 0.25) is 17.7 Å². The average Bonchev–Trinajstić information content (AvgIpc) is 2.76. The highest BCUT2D eigenvalue weighted by molar-refractivity contribution is 5.98. The molecule has 182 valence electrons. The number of carbonyl (C=O) groups is 2. The number of carbonyl (C=O) groups excluding carboxylic acids is 2. The molecule has 1 atom stereocenters. The Morgan fingerprint density at radius 1 is 0.971 bits per heavy atom. The van der Waals surface area contributed by atoms with E-state index in [9.17, 15) is 18.4 Å². The van der Waals surface area contributed by atoms with Crippen LogP contribution in [0.15, 0.2) is 48.7 Å². The Morgan fingerprint density at radius 2 is 1.71 bits per heavy atom. The van der Waals surface area contributed by atoms with Crippen LogP contribution >= 0.6 is 0 Å². The smallest absolute Gasteiger partial charge is 0.321 e. The maximum atomic E-state index is 14.8. The summed E-state index contributed by atoms with van der Waals surface area (Å²) in [6.07, 6.45) is 1.34. The zero-order chi connectivity index (χ0) is 25.5. The number of amides is 3. The molecule has 2 N–H and O–H groups in total. The molecule has 0 aliphatic carbocycles. The molecule has 3 amide bonds. The van der Waals surface area contributed by atoms with Crippen LogP contribution in [0.2, 0.25) is 0 Å². The normalized spacial score (nSPS) is 14.9. The molecule has 0 saturated heterocycles. The monoisotopic (exact) mass is 480 g/mol. The number of halogens is 2. The van der Waals surface area contributed by atoms with Crippen molar-refractivity contribution in [3.63, 3.8) is 0 Å². The zero-order valence-electron chi connectivity index (χ0n) is 20.1. The molecule has 4 rings (SSSR count). The number of para-hydroxylation sites is 1. The molecule has 0 radical (unpaired) electrons. The fraction of sp³-hybridized carbons (Fsp3) is 0.308. The van der Waals surface area contributed by atoms with E-state index < -0.39 is 40.6 Å². The highest BCUT2D eigenvalue weighted by atomic mass is 19.1. The lowest BCUT2D eigenvalue weighted by atomic mass is 9.69. The van der Waals surface area contributed by atoms with Crippen molar-refractivity contribution >= 4 is 11.9 Å². The standard InChI is InChI=1S/C26H26F2N4O3/c1-25(2,3)32-24(34)31-23(33)26(4,5)20-15-7-6-8-17(27)21(15)35-22-16(20)10-11-18(30-22)14-9-12-19(28)29-13-14/h6-13,20H,1-5H3,(H2,31,32,33,34). The van der Waals surface area contributed by atoms with Crippen LogP contribution in [0.1, 0.15) is 51.7 Å². The van der Waals surface area contributed by atoms with Crippen molar-refractivity contribution < 1.29 is 23.1 Å². The summed E-state index contributed by atoms with van der Waals surface area (Å²) in [5, 5.41) is 5.11. The first-order valence-corrected chi connectivity index (χ1v) is 11.1. The molecule has 7 nitrogen and oxygen atoms in total. The highest BCUT2D eigenvalue weighted by Crippen LogP contribution is 2.52. The van der Waals surface area contributed by atoms with Gasteiger partial charge in [0.05, 0.1) is 11.1 Å². The van der Waals surface area contributed by atoms with Gasteiger partial charge in [-0.05, 0) is 45.0 Å². The van der Waals surface area contributed by atoms with Gasteiger partial charge in [-0.15, -0.1) is 0 Å². The number of hydrogen-bond acceptors (Lipinski definition) is 5. The van der Waals surface area contributed by atoms with Gasteiger partial charge in [0.15, 0.2) is 11.6 Å². The molecule has 0 saturated carbocycles. The Morgan fingerprint density at radius 3 is 2.37 bits per heavy atom. The quantitative estimate of drug-likeness (QED) is 0.496. The number of nitrogens with zero attached hydrogens (tertiary/aromatic N) is 2. The number of ether oxygens (including phenoxy) is 1. The summed E-state index contributed by atoms with van der Waals surface area (Å²) >= 11 is 0. The Balaban J connectivity index is 1.77. The van der Waals surface area contributed by atoms with Crippen LogP contribution in [0.25, 0.3) is 11.3 Å². The predicted molar refractivity (Wildman–Crippen MR) is 126 cm³/mol. The van der Waals surface area contributed by atoms with Gasteiger partial charge >= 0.3 is 6.03 Å². The van der Waals surface area contributed by atoms with Gasteiger partial charge in [0.25, 0.3) is 0 Å². The van der Waals surface area contributed by atoms with E-state index in [1.165, 1.54) is 24.4 Å². The molecular formula is C26H26F2N4O3. The van der Waals surface area contributed by atoms with Crippen LogP contribution in [0.3, 0.4) is 0 Å². The maximum Gasteiger partial charge on any atom is 0.321 e. The molecule has 3 aromatic rings. The summed E-state index contributed by atoms with van der Waals surface area (Å²) in [6.45, 7) is 8.76. The van der Waals surface area contributed by atoms with Crippen molar-refractivity contribution in [1.82, 2.24) is 20.6 Å². The van der Waals surface area contributed by atoms with E-state index in [2.05, 4.69) is 20.6 Å². The van der Waals surface area contributed by atoms with Gasteiger partial charge in [-0.3, -0.25) is 10.1 Å². The molecule has 0 bridgehead atoms. The largest absolute Gasteiger partial charge is 0.435 e. The third kappa shape index (κ3) is 4.84. The van der Waals surface area contributed by atoms with Crippen molar-refractivity contribution in [3.8, 4) is 22.9 Å². The Kier molecular flexibility index (Phi) is 6.04. The number of nitrogens with one attached hydrogen (secondary N) is 2. The molecule has 1 unspecified atom stereocenters. The van der Waals surface area contributed by atoms with Crippen LogP contribution in [-0.2, 0) is 4.79 Å². The van der Waals surface area contributed by atoms with Gasteiger partial charge in [-0.25, -0.2) is 19.2 Å². The molecule has 1 aliphatic heterocycles. The number of hydrogen-bond donors (Lipinski definition) is 2. The van der Waals surface area contributed by atoms with Gasteiger partial charge in [0.1, 0.15) is 0 Å². The molecule has 3 heterocycles. The number of benzene rings is 1. The minimum atomic E-state index is -1.20. The predicted octanol–water partition coefficient (Wildman–Crippen LogP) is 5.31. The second-order valence-electron chi connectivity index (χ2n) is 10.0. The number of pyridine rings is 2. The van der Waals surface area contributed by atoms with Gasteiger partial charge in [-0.1, -0.05) is 32.0 Å². The molecule has 9 heteroatoms. The molecular weight excluding hydrogens is 454 g/mol. The summed E-state index contributed by atoms with van der Waals surface area (Å²) in [6, 6.07) is 10.1. The summed E-state index contributed by atoms with van der Waals surface area (Å²) in [5.74, 6) is -2.36. The highest BCUT2D eigenvalue weighted by Gasteiger charge is 2.45. The van der Waals surface area contributed by atoms with Crippen LogP contribution in [0, 0.1) is 17.2 Å². The van der Waals surface area contributed by atoms with Crippen LogP contribution in [-0.4, -0.2) is 27.4 Å². The topological polar surface area (TPSA) is 93.2 Å². The second-order valence-corrected chi connectivity index (χ2v) is 10.0.